The van der Waals surface area contributed by atoms with Crippen molar-refractivity contribution >= 4 is 21.5 Å². The third kappa shape index (κ3) is 4.07. The zero-order valence-electron chi connectivity index (χ0n) is 16.1. The van der Waals surface area contributed by atoms with Crippen LogP contribution in [0.3, 0.4) is 0 Å². The van der Waals surface area contributed by atoms with Gasteiger partial charge < -0.3 is 4.57 Å². The fourth-order valence-electron chi connectivity index (χ4n) is 3.52. The van der Waals surface area contributed by atoms with Crippen molar-refractivity contribution in [1.29, 1.82) is 0 Å². The second kappa shape index (κ2) is 7.79. The molecule has 0 unspecified atom stereocenters. The highest BCUT2D eigenvalue weighted by Crippen LogP contribution is 2.26. The molecule has 0 saturated heterocycles. The van der Waals surface area contributed by atoms with E-state index < -0.39 is 10.0 Å². The standard InChI is InChI=1S/C21H22N4O3S/c1-15(26)16-7-6-10-19(14-16)29(27,28)24-18-9-5-8-17(13-18)21-23-22-20-11-3-2-4-12-25(20)21/h5-10,13-14,24H,2-4,11-12H2,1H3. The number of hydrogen-bond acceptors (Lipinski definition) is 5. The molecule has 0 spiro atoms. The van der Waals surface area contributed by atoms with Gasteiger partial charge in [0.2, 0.25) is 0 Å². The van der Waals surface area contributed by atoms with E-state index in [4.69, 9.17) is 0 Å². The second-order valence-electron chi connectivity index (χ2n) is 7.17. The van der Waals surface area contributed by atoms with Crippen molar-refractivity contribution in [1.82, 2.24) is 14.8 Å². The zero-order chi connectivity index (χ0) is 20.4. The van der Waals surface area contributed by atoms with Crippen LogP contribution >= 0.6 is 0 Å². The molecule has 1 N–H and O–H groups in total. The Morgan fingerprint density at radius 1 is 1.03 bits per heavy atom. The Labute approximate surface area is 169 Å². The molecule has 29 heavy (non-hydrogen) atoms. The fraction of sp³-hybridized carbons (Fsp3) is 0.286. The number of aromatic nitrogens is 3. The van der Waals surface area contributed by atoms with E-state index in [1.807, 2.05) is 6.07 Å². The van der Waals surface area contributed by atoms with E-state index >= 15 is 0 Å². The minimum absolute atomic E-state index is 0.0481. The first-order chi connectivity index (χ1) is 13.9. The molecule has 4 rings (SSSR count). The van der Waals surface area contributed by atoms with Crippen LogP contribution in [0.5, 0.6) is 0 Å². The number of anilines is 1. The van der Waals surface area contributed by atoms with Gasteiger partial charge in [-0.05, 0) is 44.0 Å². The van der Waals surface area contributed by atoms with Crippen LogP contribution in [0.4, 0.5) is 5.69 Å². The van der Waals surface area contributed by atoms with Gasteiger partial charge >= 0.3 is 0 Å². The number of hydrogen-bond donors (Lipinski definition) is 1. The highest BCUT2D eigenvalue weighted by Gasteiger charge is 2.18. The van der Waals surface area contributed by atoms with Crippen LogP contribution in [0, 0.1) is 0 Å². The second-order valence-corrected chi connectivity index (χ2v) is 8.85. The minimum Gasteiger partial charge on any atom is -0.311 e. The summed E-state index contributed by atoms with van der Waals surface area (Å²) in [6.07, 6.45) is 4.27. The quantitative estimate of drug-likeness (QED) is 0.648. The SMILES string of the molecule is CC(=O)c1cccc(S(=O)(=O)Nc2cccc(-c3nnc4n3CCCCC4)c2)c1. The lowest BCUT2D eigenvalue weighted by atomic mass is 10.2. The van der Waals surface area contributed by atoms with Crippen molar-refractivity contribution in [3.63, 3.8) is 0 Å². The average Bonchev–Trinajstić information content (AvgIpc) is 2.96. The smallest absolute Gasteiger partial charge is 0.261 e. The van der Waals surface area contributed by atoms with Crippen LogP contribution in [-0.2, 0) is 23.0 Å². The van der Waals surface area contributed by atoms with Gasteiger partial charge in [0.05, 0.1) is 4.90 Å². The third-order valence-corrected chi connectivity index (χ3v) is 6.41. The van der Waals surface area contributed by atoms with Gasteiger partial charge in [-0.2, -0.15) is 0 Å². The predicted molar refractivity (Wildman–Crippen MR) is 110 cm³/mol. The normalized spacial score (nSPS) is 14.1. The van der Waals surface area contributed by atoms with E-state index in [1.54, 1.807) is 30.3 Å². The first-order valence-corrected chi connectivity index (χ1v) is 11.1. The minimum atomic E-state index is -3.82. The predicted octanol–water partition coefficient (Wildman–Crippen LogP) is 3.67. The van der Waals surface area contributed by atoms with Crippen LogP contribution in [-0.4, -0.2) is 29.0 Å². The molecule has 2 aromatic carbocycles. The molecule has 0 amide bonds. The van der Waals surface area contributed by atoms with Gasteiger partial charge in [-0.1, -0.05) is 30.7 Å². The molecule has 0 aliphatic carbocycles. The van der Waals surface area contributed by atoms with Crippen LogP contribution in [0.25, 0.3) is 11.4 Å². The highest BCUT2D eigenvalue weighted by molar-refractivity contribution is 7.92. The Balaban J connectivity index is 1.64. The van der Waals surface area contributed by atoms with Gasteiger partial charge in [0.25, 0.3) is 10.0 Å². The lowest BCUT2D eigenvalue weighted by molar-refractivity contribution is 0.101. The van der Waals surface area contributed by atoms with Crippen LogP contribution in [0.1, 0.15) is 42.4 Å². The number of nitrogens with zero attached hydrogens (tertiary/aromatic N) is 3. The Hall–Kier alpha value is -3.00. The van der Waals surface area contributed by atoms with Crippen LogP contribution in [0.2, 0.25) is 0 Å². The van der Waals surface area contributed by atoms with E-state index in [0.717, 1.165) is 43.0 Å². The van der Waals surface area contributed by atoms with Crippen molar-refractivity contribution in [3.05, 3.63) is 59.9 Å². The maximum atomic E-state index is 12.8. The van der Waals surface area contributed by atoms with E-state index in [0.29, 0.717) is 11.3 Å². The summed E-state index contributed by atoms with van der Waals surface area (Å²) in [6, 6.07) is 13.1. The number of carbonyl (C=O) groups is 1. The molecule has 0 fully saturated rings. The molecule has 0 radical (unpaired) electrons. The molecule has 0 atom stereocenters. The lowest BCUT2D eigenvalue weighted by Crippen LogP contribution is -2.13. The molecule has 150 valence electrons. The van der Waals surface area contributed by atoms with Gasteiger partial charge in [0.15, 0.2) is 11.6 Å². The Bertz CT molecular complexity index is 1170. The summed E-state index contributed by atoms with van der Waals surface area (Å²) in [6.45, 7) is 2.27. The van der Waals surface area contributed by atoms with E-state index in [9.17, 15) is 13.2 Å². The van der Waals surface area contributed by atoms with Crippen molar-refractivity contribution in [2.24, 2.45) is 0 Å². The molecule has 0 bridgehead atoms. The summed E-state index contributed by atoms with van der Waals surface area (Å²) in [4.78, 5) is 11.6. The maximum absolute atomic E-state index is 12.8. The van der Waals surface area contributed by atoms with Crippen molar-refractivity contribution in [2.45, 2.75) is 44.0 Å². The number of ketones is 1. The summed E-state index contributed by atoms with van der Waals surface area (Å²) < 4.78 is 30.3. The van der Waals surface area contributed by atoms with E-state index in [2.05, 4.69) is 19.5 Å². The highest BCUT2D eigenvalue weighted by atomic mass is 32.2. The molecule has 1 aliphatic heterocycles. The van der Waals surface area contributed by atoms with E-state index in [1.165, 1.54) is 25.5 Å². The summed E-state index contributed by atoms with van der Waals surface area (Å²) >= 11 is 0. The van der Waals surface area contributed by atoms with E-state index in [-0.39, 0.29) is 10.7 Å². The number of aryl methyl sites for hydroxylation is 1. The number of fused-ring (bicyclic) bond motifs is 1. The number of nitrogens with one attached hydrogen (secondary N) is 1. The number of Topliss-reactive ketones (excluding diaryl/α,β-unsaturated/α-hetero) is 1. The van der Waals surface area contributed by atoms with Gasteiger partial charge in [0, 0.05) is 29.8 Å². The Morgan fingerprint density at radius 2 is 1.86 bits per heavy atom. The molecule has 8 heteroatoms. The first kappa shape index (κ1) is 19.3. The third-order valence-electron chi connectivity index (χ3n) is 5.03. The fourth-order valence-corrected chi connectivity index (χ4v) is 4.61. The summed E-state index contributed by atoms with van der Waals surface area (Å²) in [5, 5.41) is 8.65. The maximum Gasteiger partial charge on any atom is 0.261 e. The topological polar surface area (TPSA) is 93.9 Å². The average molecular weight is 410 g/mol. The van der Waals surface area contributed by atoms with Crippen molar-refractivity contribution < 1.29 is 13.2 Å². The summed E-state index contributed by atoms with van der Waals surface area (Å²) in [7, 11) is -3.82. The molecular formula is C21H22N4O3S. The number of sulfonamides is 1. The number of carbonyl (C=O) groups excluding carboxylic acids is 1. The van der Waals surface area contributed by atoms with Crippen molar-refractivity contribution in [3.8, 4) is 11.4 Å². The Kier molecular flexibility index (Phi) is 5.19. The van der Waals surface area contributed by atoms with Crippen LogP contribution < -0.4 is 4.72 Å². The largest absolute Gasteiger partial charge is 0.311 e. The summed E-state index contributed by atoms with van der Waals surface area (Å²) in [5.41, 5.74) is 1.60. The van der Waals surface area contributed by atoms with Gasteiger partial charge in [0.1, 0.15) is 5.82 Å². The van der Waals surface area contributed by atoms with Gasteiger partial charge in [-0.25, -0.2) is 8.42 Å². The molecule has 1 aromatic heterocycles. The number of rotatable bonds is 5. The lowest BCUT2D eigenvalue weighted by Gasteiger charge is -2.11. The van der Waals surface area contributed by atoms with Gasteiger partial charge in [-0.3, -0.25) is 9.52 Å². The molecule has 1 aliphatic rings. The monoisotopic (exact) mass is 410 g/mol. The molecular weight excluding hydrogens is 388 g/mol. The molecule has 3 aromatic rings. The molecule has 2 heterocycles. The number of benzene rings is 2. The summed E-state index contributed by atoms with van der Waals surface area (Å²) in [5.74, 6) is 1.54. The van der Waals surface area contributed by atoms with Crippen LogP contribution in [0.15, 0.2) is 53.4 Å². The molecule has 0 saturated carbocycles. The van der Waals surface area contributed by atoms with Crippen molar-refractivity contribution in [2.75, 3.05) is 4.72 Å². The molecule has 7 nitrogen and oxygen atoms in total. The van der Waals surface area contributed by atoms with Gasteiger partial charge in [-0.15, -0.1) is 10.2 Å². The zero-order valence-corrected chi connectivity index (χ0v) is 16.9. The first-order valence-electron chi connectivity index (χ1n) is 9.60. The Morgan fingerprint density at radius 3 is 2.69 bits per heavy atom.